The smallest absolute Gasteiger partial charge is 0.387 e. The summed E-state index contributed by atoms with van der Waals surface area (Å²) >= 11 is 0. The molecule has 3 N–H and O–H groups in total. The number of nitrogens with one attached hydrogen (secondary N) is 1. The first-order valence-electron chi connectivity index (χ1n) is 15.7. The van der Waals surface area contributed by atoms with Crippen molar-refractivity contribution in [1.29, 1.82) is 0 Å². The number of unbranched alkanes of at least 4 members (excludes halogenated alkanes) is 12. The van der Waals surface area contributed by atoms with Crippen LogP contribution in [0.15, 0.2) is 24.3 Å². The number of nitrogens with zero attached hydrogens (tertiary/aromatic N) is 1. The molecular weight excluding hydrogens is 527 g/mol. The van der Waals surface area contributed by atoms with Crippen LogP contribution in [-0.2, 0) is 18.4 Å². The van der Waals surface area contributed by atoms with Crippen molar-refractivity contribution in [1.82, 2.24) is 5.32 Å². The summed E-state index contributed by atoms with van der Waals surface area (Å²) in [6.07, 6.45) is 23.9. The molecule has 0 bridgehead atoms. The van der Waals surface area contributed by atoms with Gasteiger partial charge in [-0.1, -0.05) is 95.9 Å². The molecule has 8 nitrogen and oxygen atoms in total. The van der Waals surface area contributed by atoms with Gasteiger partial charge in [0.25, 0.3) is 0 Å². The zero-order valence-electron chi connectivity index (χ0n) is 26.3. The molecule has 0 rings (SSSR count). The van der Waals surface area contributed by atoms with Gasteiger partial charge in [0, 0.05) is 6.42 Å². The first kappa shape index (κ1) is 39.0. The number of likely N-dealkylation sites (N-methyl/N-ethyl adjacent to an activating group) is 1. The molecule has 0 saturated carbocycles. The Morgan fingerprint density at radius 3 is 2.02 bits per heavy atom. The van der Waals surface area contributed by atoms with Crippen LogP contribution in [0.2, 0.25) is 0 Å². The highest BCUT2D eigenvalue weighted by atomic mass is 31.2. The Hall–Kier alpha value is -1.02. The number of aliphatic hydroxyl groups excluding tert-OH is 1. The fourth-order valence-corrected chi connectivity index (χ4v) is 4.78. The molecule has 9 heteroatoms. The molecule has 0 aliphatic carbocycles. The molecule has 0 saturated heterocycles. The average molecular weight is 590 g/mol. The maximum atomic E-state index is 12.6. The minimum atomic E-state index is -4.31. The van der Waals surface area contributed by atoms with Crippen LogP contribution >= 0.6 is 7.82 Å². The lowest BCUT2D eigenvalue weighted by Gasteiger charge is -2.25. The van der Waals surface area contributed by atoms with Crippen molar-refractivity contribution >= 4 is 13.7 Å². The van der Waals surface area contributed by atoms with Gasteiger partial charge in [-0.3, -0.25) is 13.8 Å². The van der Waals surface area contributed by atoms with Crippen LogP contribution in [0.3, 0.4) is 0 Å². The second kappa shape index (κ2) is 24.6. The molecular formula is C31H62N2O6P+. The van der Waals surface area contributed by atoms with Crippen molar-refractivity contribution in [3.05, 3.63) is 24.3 Å². The summed E-state index contributed by atoms with van der Waals surface area (Å²) in [4.78, 5) is 22.7. The Kier molecular flexibility index (Phi) is 23.9. The number of phosphoric ester groups is 1. The van der Waals surface area contributed by atoms with E-state index in [0.717, 1.165) is 57.8 Å². The number of phosphoric acid groups is 1. The Bertz CT molecular complexity index is 723. The molecule has 0 aromatic carbocycles. The van der Waals surface area contributed by atoms with Crippen LogP contribution in [-0.4, -0.2) is 73.4 Å². The van der Waals surface area contributed by atoms with Crippen LogP contribution in [0, 0.1) is 0 Å². The normalized spacial score (nSPS) is 15.5. The maximum Gasteiger partial charge on any atom is 0.472 e. The van der Waals surface area contributed by atoms with E-state index < -0.39 is 20.0 Å². The number of allylic oxidation sites excluding steroid dienone is 3. The van der Waals surface area contributed by atoms with E-state index in [1.807, 2.05) is 27.2 Å². The highest BCUT2D eigenvalue weighted by molar-refractivity contribution is 7.47. The van der Waals surface area contributed by atoms with Gasteiger partial charge >= 0.3 is 7.82 Å². The minimum Gasteiger partial charge on any atom is -0.387 e. The van der Waals surface area contributed by atoms with Crippen molar-refractivity contribution in [2.75, 3.05) is 40.9 Å². The molecule has 0 aromatic heterocycles. The fraction of sp³-hybridized carbons (Fsp3) is 0.839. The third-order valence-corrected chi connectivity index (χ3v) is 7.63. The van der Waals surface area contributed by atoms with Gasteiger partial charge in [0.15, 0.2) is 0 Å². The number of amides is 1. The highest BCUT2D eigenvalue weighted by Gasteiger charge is 2.27. The van der Waals surface area contributed by atoms with Crippen molar-refractivity contribution in [2.24, 2.45) is 0 Å². The monoisotopic (exact) mass is 589 g/mol. The van der Waals surface area contributed by atoms with E-state index in [-0.39, 0.29) is 19.1 Å². The topological polar surface area (TPSA) is 105 Å². The Morgan fingerprint density at radius 1 is 0.825 bits per heavy atom. The Labute approximate surface area is 245 Å². The number of carbonyl (C=O) groups excluding carboxylic acids is 1. The summed E-state index contributed by atoms with van der Waals surface area (Å²) in [5.41, 5.74) is 0. The van der Waals surface area contributed by atoms with E-state index >= 15 is 0 Å². The number of hydrogen-bond donors (Lipinski definition) is 3. The Morgan fingerprint density at radius 2 is 1.40 bits per heavy atom. The van der Waals surface area contributed by atoms with Gasteiger partial charge in [0.05, 0.1) is 39.9 Å². The molecule has 3 atom stereocenters. The third-order valence-electron chi connectivity index (χ3n) is 6.65. The molecule has 0 aliphatic rings. The van der Waals surface area contributed by atoms with Crippen molar-refractivity contribution < 1.29 is 32.9 Å². The molecule has 0 fully saturated rings. The maximum absolute atomic E-state index is 12.6. The van der Waals surface area contributed by atoms with Gasteiger partial charge in [-0.15, -0.1) is 0 Å². The van der Waals surface area contributed by atoms with Gasteiger partial charge < -0.3 is 19.8 Å². The second-order valence-electron chi connectivity index (χ2n) is 11.8. The van der Waals surface area contributed by atoms with Crippen LogP contribution in [0.1, 0.15) is 117 Å². The van der Waals surface area contributed by atoms with Gasteiger partial charge in [-0.2, -0.15) is 0 Å². The lowest BCUT2D eigenvalue weighted by molar-refractivity contribution is -0.870. The summed E-state index contributed by atoms with van der Waals surface area (Å²) in [5.74, 6) is -0.196. The van der Waals surface area contributed by atoms with E-state index in [4.69, 9.17) is 9.05 Å². The lowest BCUT2D eigenvalue weighted by atomic mass is 10.1. The quantitative estimate of drug-likeness (QED) is 0.0410. The average Bonchev–Trinajstić information content (AvgIpc) is 2.88. The van der Waals surface area contributed by atoms with Crippen molar-refractivity contribution in [3.8, 4) is 0 Å². The first-order chi connectivity index (χ1) is 19.0. The van der Waals surface area contributed by atoms with Crippen molar-refractivity contribution in [2.45, 2.75) is 129 Å². The number of carbonyl (C=O) groups is 1. The largest absolute Gasteiger partial charge is 0.472 e. The minimum absolute atomic E-state index is 0.0596. The SMILES string of the molecule is CCC/C=C\CCCCCCCC(=O)NC(COP(=O)(O)OCC[N+](C)(C)C)C(O)/C=C/CCCCCCCC. The van der Waals surface area contributed by atoms with Crippen LogP contribution in [0.25, 0.3) is 0 Å². The zero-order chi connectivity index (χ0) is 30.1. The molecule has 0 aromatic rings. The summed E-state index contributed by atoms with van der Waals surface area (Å²) in [6.45, 7) is 4.65. The van der Waals surface area contributed by atoms with E-state index in [1.165, 1.54) is 38.5 Å². The Balaban J connectivity index is 4.68. The summed E-state index contributed by atoms with van der Waals surface area (Å²) < 4.78 is 23.2. The molecule has 1 amide bonds. The number of rotatable bonds is 27. The van der Waals surface area contributed by atoms with Crippen LogP contribution in [0.4, 0.5) is 0 Å². The zero-order valence-corrected chi connectivity index (χ0v) is 27.2. The van der Waals surface area contributed by atoms with Gasteiger partial charge in [-0.25, -0.2) is 4.57 Å². The van der Waals surface area contributed by atoms with Gasteiger partial charge in [-0.05, 0) is 38.5 Å². The van der Waals surface area contributed by atoms with E-state index in [0.29, 0.717) is 17.4 Å². The number of quaternary nitrogens is 1. The van der Waals surface area contributed by atoms with Crippen molar-refractivity contribution in [3.63, 3.8) is 0 Å². The number of hydrogen-bond acceptors (Lipinski definition) is 5. The fourth-order valence-electron chi connectivity index (χ4n) is 4.04. The van der Waals surface area contributed by atoms with E-state index in [2.05, 4.69) is 31.3 Å². The summed E-state index contributed by atoms with van der Waals surface area (Å²) in [6, 6.07) is -0.842. The molecule has 0 spiro atoms. The van der Waals surface area contributed by atoms with Gasteiger partial charge in [0.1, 0.15) is 13.2 Å². The number of aliphatic hydroxyl groups is 1. The van der Waals surface area contributed by atoms with E-state index in [9.17, 15) is 19.4 Å². The highest BCUT2D eigenvalue weighted by Crippen LogP contribution is 2.43. The predicted molar refractivity (Wildman–Crippen MR) is 166 cm³/mol. The van der Waals surface area contributed by atoms with Gasteiger partial charge in [0.2, 0.25) is 5.91 Å². The lowest BCUT2D eigenvalue weighted by Crippen LogP contribution is -2.45. The summed E-state index contributed by atoms with van der Waals surface area (Å²) in [5, 5.41) is 13.6. The molecule has 0 aliphatic heterocycles. The predicted octanol–water partition coefficient (Wildman–Crippen LogP) is 7.07. The second-order valence-corrected chi connectivity index (χ2v) is 13.3. The molecule has 40 heavy (non-hydrogen) atoms. The molecule has 236 valence electrons. The summed E-state index contributed by atoms with van der Waals surface area (Å²) in [7, 11) is 1.56. The first-order valence-corrected chi connectivity index (χ1v) is 17.2. The van der Waals surface area contributed by atoms with E-state index in [1.54, 1.807) is 6.08 Å². The molecule has 0 radical (unpaired) electrons. The molecule has 3 unspecified atom stereocenters. The van der Waals surface area contributed by atoms with Crippen LogP contribution in [0.5, 0.6) is 0 Å². The standard InChI is InChI=1S/C31H61N2O6P/c1-6-8-10-12-14-16-17-19-21-23-25-31(35)32-29(28-39-40(36,37)38-27-26-33(3,4)5)30(34)24-22-20-18-15-13-11-9-7-2/h10,12,22,24,29-30,34H,6-9,11,13-21,23,25-28H2,1-5H3,(H-,32,35,36,37)/p+1/b12-10-,24-22+. The third kappa shape index (κ3) is 25.9. The van der Waals surface area contributed by atoms with Crippen LogP contribution < -0.4 is 5.32 Å². The molecule has 0 heterocycles.